The SMILES string of the molecule is CC(CC(=O)N1CC=C(C(=O)O)CC1)NC(=O)OCC1c2ccccc2-c2ccccc21. The molecular weight excluding hydrogens is 408 g/mol. The highest BCUT2D eigenvalue weighted by Gasteiger charge is 2.29. The van der Waals surface area contributed by atoms with Crippen molar-refractivity contribution >= 4 is 18.0 Å². The molecule has 166 valence electrons. The van der Waals surface area contributed by atoms with E-state index in [2.05, 4.69) is 29.6 Å². The second-order valence-electron chi connectivity index (χ2n) is 8.20. The average molecular weight is 434 g/mol. The maximum atomic E-state index is 12.5. The zero-order chi connectivity index (χ0) is 22.7. The second-order valence-corrected chi connectivity index (χ2v) is 8.20. The monoisotopic (exact) mass is 434 g/mol. The molecule has 1 atom stereocenters. The summed E-state index contributed by atoms with van der Waals surface area (Å²) in [4.78, 5) is 37.4. The van der Waals surface area contributed by atoms with Crippen LogP contribution in [0.15, 0.2) is 60.2 Å². The van der Waals surface area contributed by atoms with E-state index >= 15 is 0 Å². The number of alkyl carbamates (subject to hydrolysis) is 1. The summed E-state index contributed by atoms with van der Waals surface area (Å²) >= 11 is 0. The fourth-order valence-electron chi connectivity index (χ4n) is 4.37. The predicted octanol–water partition coefficient (Wildman–Crippen LogP) is 3.55. The summed E-state index contributed by atoms with van der Waals surface area (Å²) in [6, 6.07) is 15.9. The molecule has 1 aliphatic carbocycles. The van der Waals surface area contributed by atoms with Gasteiger partial charge in [-0.1, -0.05) is 54.6 Å². The lowest BCUT2D eigenvalue weighted by molar-refractivity contribution is -0.135. The van der Waals surface area contributed by atoms with Crippen LogP contribution in [0.2, 0.25) is 0 Å². The molecule has 7 nitrogen and oxygen atoms in total. The van der Waals surface area contributed by atoms with Crippen LogP contribution < -0.4 is 5.32 Å². The van der Waals surface area contributed by atoms with Crippen LogP contribution in [-0.2, 0) is 14.3 Å². The van der Waals surface area contributed by atoms with E-state index < -0.39 is 18.1 Å². The standard InChI is InChI=1S/C25H26N2O5/c1-16(14-23(28)27-12-10-17(11-13-27)24(29)30)26-25(31)32-15-22-20-8-4-2-6-18(20)19-7-3-5-9-21(19)22/h2-10,16,22H,11-15H2,1H3,(H,26,31)(H,29,30). The van der Waals surface area contributed by atoms with Gasteiger partial charge < -0.3 is 20.1 Å². The van der Waals surface area contributed by atoms with Crippen molar-refractivity contribution in [1.82, 2.24) is 10.2 Å². The Labute approximate surface area is 186 Å². The van der Waals surface area contributed by atoms with Crippen LogP contribution in [0.1, 0.15) is 36.8 Å². The quantitative estimate of drug-likeness (QED) is 0.725. The summed E-state index contributed by atoms with van der Waals surface area (Å²) in [5, 5.41) is 11.7. The number of carbonyl (C=O) groups is 3. The number of hydrogen-bond donors (Lipinski definition) is 2. The second kappa shape index (κ2) is 9.26. The van der Waals surface area contributed by atoms with Crippen LogP contribution in [-0.4, -0.2) is 53.7 Å². The van der Waals surface area contributed by atoms with Crippen LogP contribution in [0.5, 0.6) is 0 Å². The van der Waals surface area contributed by atoms with E-state index in [0.29, 0.717) is 18.5 Å². The molecule has 2 aliphatic rings. The molecule has 0 spiro atoms. The van der Waals surface area contributed by atoms with E-state index in [1.54, 1.807) is 17.9 Å². The predicted molar refractivity (Wildman–Crippen MR) is 119 cm³/mol. The maximum absolute atomic E-state index is 12.5. The molecule has 0 saturated heterocycles. The molecule has 2 amide bonds. The van der Waals surface area contributed by atoms with Crippen LogP contribution in [0.4, 0.5) is 4.79 Å². The molecule has 2 N–H and O–H groups in total. The first-order chi connectivity index (χ1) is 15.4. The Kier molecular flexibility index (Phi) is 6.25. The van der Waals surface area contributed by atoms with Crippen LogP contribution >= 0.6 is 0 Å². The van der Waals surface area contributed by atoms with Crippen molar-refractivity contribution in [2.24, 2.45) is 0 Å². The van der Waals surface area contributed by atoms with Crippen molar-refractivity contribution < 1.29 is 24.2 Å². The Balaban J connectivity index is 1.29. The zero-order valence-corrected chi connectivity index (χ0v) is 17.9. The van der Waals surface area contributed by atoms with E-state index in [9.17, 15) is 14.4 Å². The highest BCUT2D eigenvalue weighted by atomic mass is 16.5. The molecule has 0 saturated carbocycles. The van der Waals surface area contributed by atoms with Gasteiger partial charge in [-0.05, 0) is 35.6 Å². The molecular formula is C25H26N2O5. The Bertz CT molecular complexity index is 1030. The number of benzene rings is 2. The Morgan fingerprint density at radius 3 is 2.28 bits per heavy atom. The third-order valence-electron chi connectivity index (χ3n) is 6.03. The van der Waals surface area contributed by atoms with Gasteiger partial charge in [0.05, 0.1) is 0 Å². The Hall–Kier alpha value is -3.61. The number of nitrogens with one attached hydrogen (secondary N) is 1. The van der Waals surface area contributed by atoms with Gasteiger partial charge >= 0.3 is 12.1 Å². The number of amides is 2. The number of hydrogen-bond acceptors (Lipinski definition) is 4. The number of carbonyl (C=O) groups excluding carboxylic acids is 2. The van der Waals surface area contributed by atoms with Gasteiger partial charge in [0.1, 0.15) is 6.61 Å². The summed E-state index contributed by atoms with van der Waals surface area (Å²) in [7, 11) is 0. The molecule has 0 fully saturated rings. The van der Waals surface area contributed by atoms with E-state index in [4.69, 9.17) is 9.84 Å². The fourth-order valence-corrected chi connectivity index (χ4v) is 4.37. The number of carboxylic acids is 1. The van der Waals surface area contributed by atoms with E-state index in [0.717, 1.165) is 22.3 Å². The molecule has 32 heavy (non-hydrogen) atoms. The van der Waals surface area contributed by atoms with Gasteiger partial charge in [0, 0.05) is 37.0 Å². The molecule has 1 unspecified atom stereocenters. The van der Waals surface area contributed by atoms with Crippen molar-refractivity contribution in [3.05, 3.63) is 71.3 Å². The smallest absolute Gasteiger partial charge is 0.407 e. The van der Waals surface area contributed by atoms with E-state index in [1.165, 1.54) is 0 Å². The summed E-state index contributed by atoms with van der Waals surface area (Å²) in [5.74, 6) is -1.09. The molecule has 0 aromatic heterocycles. The summed E-state index contributed by atoms with van der Waals surface area (Å²) in [6.07, 6.45) is 1.46. The van der Waals surface area contributed by atoms with Gasteiger partial charge in [0.25, 0.3) is 0 Å². The summed E-state index contributed by atoms with van der Waals surface area (Å²) < 4.78 is 5.53. The van der Waals surface area contributed by atoms with E-state index in [-0.39, 0.29) is 31.4 Å². The van der Waals surface area contributed by atoms with Gasteiger partial charge in [0.15, 0.2) is 0 Å². The van der Waals surface area contributed by atoms with Crippen molar-refractivity contribution in [3.63, 3.8) is 0 Å². The van der Waals surface area contributed by atoms with Crippen molar-refractivity contribution in [1.29, 1.82) is 0 Å². The third-order valence-corrected chi connectivity index (χ3v) is 6.03. The number of ether oxygens (including phenoxy) is 1. The van der Waals surface area contributed by atoms with Crippen molar-refractivity contribution in [2.45, 2.75) is 31.7 Å². The minimum atomic E-state index is -0.942. The number of carboxylic acid groups (broad SMARTS) is 1. The molecule has 0 radical (unpaired) electrons. The lowest BCUT2D eigenvalue weighted by Gasteiger charge is -2.26. The van der Waals surface area contributed by atoms with Gasteiger partial charge in [0.2, 0.25) is 5.91 Å². The molecule has 1 heterocycles. The normalized spacial score (nSPS) is 15.9. The fraction of sp³-hybridized carbons (Fsp3) is 0.320. The first kappa shape index (κ1) is 21.6. The molecule has 4 rings (SSSR count). The molecule has 1 aliphatic heterocycles. The Morgan fingerprint density at radius 1 is 1.09 bits per heavy atom. The highest BCUT2D eigenvalue weighted by Crippen LogP contribution is 2.44. The van der Waals surface area contributed by atoms with Crippen LogP contribution in [0, 0.1) is 0 Å². The summed E-state index contributed by atoms with van der Waals surface area (Å²) in [6.45, 7) is 2.62. The lowest BCUT2D eigenvalue weighted by atomic mass is 9.98. The van der Waals surface area contributed by atoms with E-state index in [1.807, 2.05) is 24.3 Å². The summed E-state index contributed by atoms with van der Waals surface area (Å²) in [5.41, 5.74) is 4.95. The van der Waals surface area contributed by atoms with Crippen molar-refractivity contribution in [2.75, 3.05) is 19.7 Å². The average Bonchev–Trinajstić information content (AvgIpc) is 3.11. The van der Waals surface area contributed by atoms with Gasteiger partial charge in [-0.25, -0.2) is 9.59 Å². The molecule has 7 heteroatoms. The maximum Gasteiger partial charge on any atom is 0.407 e. The number of fused-ring (bicyclic) bond motifs is 3. The van der Waals surface area contributed by atoms with Gasteiger partial charge in [-0.3, -0.25) is 4.79 Å². The first-order valence-electron chi connectivity index (χ1n) is 10.8. The Morgan fingerprint density at radius 2 is 1.72 bits per heavy atom. The minimum Gasteiger partial charge on any atom is -0.478 e. The topological polar surface area (TPSA) is 95.9 Å². The molecule has 2 aromatic rings. The number of nitrogens with zero attached hydrogens (tertiary/aromatic N) is 1. The number of aliphatic carboxylic acids is 1. The molecule has 0 bridgehead atoms. The first-order valence-corrected chi connectivity index (χ1v) is 10.8. The lowest BCUT2D eigenvalue weighted by Crippen LogP contribution is -2.41. The molecule has 2 aromatic carbocycles. The highest BCUT2D eigenvalue weighted by molar-refractivity contribution is 5.87. The third kappa shape index (κ3) is 4.51. The number of rotatable bonds is 6. The largest absolute Gasteiger partial charge is 0.478 e. The van der Waals surface area contributed by atoms with Crippen LogP contribution in [0.3, 0.4) is 0 Å². The zero-order valence-electron chi connectivity index (χ0n) is 17.9. The van der Waals surface area contributed by atoms with Gasteiger partial charge in [-0.15, -0.1) is 0 Å². The van der Waals surface area contributed by atoms with Crippen LogP contribution in [0.25, 0.3) is 11.1 Å². The van der Waals surface area contributed by atoms with Gasteiger partial charge in [-0.2, -0.15) is 0 Å². The minimum absolute atomic E-state index is 0.0198. The van der Waals surface area contributed by atoms with Crippen molar-refractivity contribution in [3.8, 4) is 11.1 Å².